The Morgan fingerprint density at radius 1 is 0.891 bits per heavy atom. The maximum absolute atomic E-state index is 13.6. The van der Waals surface area contributed by atoms with Crippen LogP contribution in [0.4, 0.5) is 17.2 Å². The van der Waals surface area contributed by atoms with Crippen LogP contribution in [-0.4, -0.2) is 82.4 Å². The van der Waals surface area contributed by atoms with Gasteiger partial charge in [0, 0.05) is 60.0 Å². The zero-order chi connectivity index (χ0) is 37.8. The monoisotopic (exact) mass is 734 g/mol. The molecule has 12 heteroatoms. The first-order valence-electron chi connectivity index (χ1n) is 19.1. The largest absolute Gasteiger partial charge is 0.507 e. The summed E-state index contributed by atoms with van der Waals surface area (Å²) in [5, 5.41) is 31.4. The molecule has 4 N–H and O–H groups in total. The summed E-state index contributed by atoms with van der Waals surface area (Å²) in [6.45, 7) is 3.82. The standard InChI is InChI=1S/C43H42N8O4/c44-33-18-23-50(37(33)24-34(45)30-4-1-2-7-38(30)52)29-10-8-26(9-11-29)27-14-19-48(20-15-27)28-16-21-49(22-17-28)41-31-5-3-6-35-40(31)32(25-46-41)43(55)51(35)36-12-13-39(53)47-42(36)54/h1-11,18,23-25,27-28,36,44-45,52H,12-17,19-22H2,(H,47,53,54)/b37-24+,44-33?,45-34?. The lowest BCUT2D eigenvalue weighted by Gasteiger charge is -2.42. The van der Waals surface area contributed by atoms with Gasteiger partial charge >= 0.3 is 0 Å². The summed E-state index contributed by atoms with van der Waals surface area (Å²) in [7, 11) is 0. The molecule has 0 spiro atoms. The molecule has 0 aliphatic carbocycles. The van der Waals surface area contributed by atoms with Gasteiger partial charge in [0.2, 0.25) is 11.8 Å². The number of aromatic hydroxyl groups is 1. The minimum atomic E-state index is -0.717. The van der Waals surface area contributed by atoms with Gasteiger partial charge < -0.3 is 25.2 Å². The number of allylic oxidation sites excluding steroid dienone is 2. The molecule has 12 nitrogen and oxygen atoms in total. The lowest BCUT2D eigenvalue weighted by Crippen LogP contribution is -2.53. The Kier molecular flexibility index (Phi) is 8.77. The summed E-state index contributed by atoms with van der Waals surface area (Å²) in [5.41, 5.74) is 4.94. The zero-order valence-corrected chi connectivity index (χ0v) is 30.4. The molecule has 3 amide bonds. The van der Waals surface area contributed by atoms with Gasteiger partial charge in [-0.05, 0) is 99.2 Å². The number of benzene rings is 3. The van der Waals surface area contributed by atoms with Gasteiger partial charge in [0.05, 0.1) is 28.4 Å². The second kappa shape index (κ2) is 13.9. The van der Waals surface area contributed by atoms with Crippen LogP contribution in [0.1, 0.15) is 65.9 Å². The van der Waals surface area contributed by atoms with E-state index in [1.807, 2.05) is 29.3 Å². The van der Waals surface area contributed by atoms with E-state index < -0.39 is 11.9 Å². The fourth-order valence-electron chi connectivity index (χ4n) is 9.04. The number of hydrogen-bond donors (Lipinski definition) is 4. The van der Waals surface area contributed by atoms with Gasteiger partial charge in [-0.15, -0.1) is 0 Å². The van der Waals surface area contributed by atoms with Gasteiger partial charge in [-0.2, -0.15) is 0 Å². The number of likely N-dealkylation sites (tertiary alicyclic amines) is 1. The molecule has 1 unspecified atom stereocenters. The van der Waals surface area contributed by atoms with E-state index >= 15 is 0 Å². The molecule has 9 rings (SSSR count). The van der Waals surface area contributed by atoms with Crippen LogP contribution >= 0.6 is 0 Å². The molecule has 3 aromatic carbocycles. The lowest BCUT2D eigenvalue weighted by atomic mass is 9.88. The Bertz CT molecular complexity index is 2320. The number of amides is 3. The Morgan fingerprint density at radius 2 is 1.65 bits per heavy atom. The number of carbonyl (C=O) groups is 3. The molecule has 3 fully saturated rings. The summed E-state index contributed by atoms with van der Waals surface area (Å²) < 4.78 is 0. The minimum absolute atomic E-state index is 0.0438. The number of piperidine rings is 3. The van der Waals surface area contributed by atoms with Crippen LogP contribution in [0.2, 0.25) is 0 Å². The van der Waals surface area contributed by atoms with Gasteiger partial charge in [0.25, 0.3) is 5.91 Å². The Balaban J connectivity index is 0.821. The number of rotatable bonds is 7. The van der Waals surface area contributed by atoms with Crippen molar-refractivity contribution in [2.75, 3.05) is 40.9 Å². The van der Waals surface area contributed by atoms with Crippen LogP contribution in [0, 0.1) is 10.8 Å². The van der Waals surface area contributed by atoms with Gasteiger partial charge in [-0.1, -0.05) is 36.4 Å². The summed E-state index contributed by atoms with van der Waals surface area (Å²) in [4.78, 5) is 51.4. The first kappa shape index (κ1) is 34.6. The van der Waals surface area contributed by atoms with E-state index in [0.717, 1.165) is 74.1 Å². The van der Waals surface area contributed by atoms with Crippen LogP contribution in [0.25, 0.3) is 10.8 Å². The molecule has 3 saturated heterocycles. The third kappa shape index (κ3) is 6.16. The zero-order valence-electron chi connectivity index (χ0n) is 30.4. The first-order valence-corrected chi connectivity index (χ1v) is 19.1. The maximum Gasteiger partial charge on any atom is 0.261 e. The van der Waals surface area contributed by atoms with E-state index in [4.69, 9.17) is 15.8 Å². The van der Waals surface area contributed by atoms with Gasteiger partial charge in [-0.25, -0.2) is 4.98 Å². The Morgan fingerprint density at radius 3 is 2.40 bits per heavy atom. The third-order valence-electron chi connectivity index (χ3n) is 12.0. The van der Waals surface area contributed by atoms with Crippen molar-refractivity contribution in [3.05, 3.63) is 114 Å². The molecule has 55 heavy (non-hydrogen) atoms. The number of pyridine rings is 1. The summed E-state index contributed by atoms with van der Waals surface area (Å²) in [6, 6.07) is 20.9. The lowest BCUT2D eigenvalue weighted by molar-refractivity contribution is -0.134. The molecular formula is C43H42N8O4. The van der Waals surface area contributed by atoms with Crippen molar-refractivity contribution in [3.8, 4) is 5.75 Å². The molecule has 0 radical (unpaired) electrons. The van der Waals surface area contributed by atoms with Crippen molar-refractivity contribution in [1.29, 1.82) is 10.8 Å². The summed E-state index contributed by atoms with van der Waals surface area (Å²) in [5.74, 6) is 0.411. The van der Waals surface area contributed by atoms with Crippen molar-refractivity contribution in [2.24, 2.45) is 0 Å². The number of carbonyl (C=O) groups excluding carboxylic acids is 3. The average Bonchev–Trinajstić information content (AvgIpc) is 3.71. The number of anilines is 3. The van der Waals surface area contributed by atoms with Crippen LogP contribution in [0.3, 0.4) is 0 Å². The minimum Gasteiger partial charge on any atom is -0.507 e. The second-order valence-electron chi connectivity index (χ2n) is 15.0. The number of phenols is 1. The Labute approximate surface area is 318 Å². The SMILES string of the molecule is N=C1C=CN(c2ccc(C3CCN(C4CCN(c5ncc6c7c(cccc57)N(C5CCC(=O)NC5=O)C6=O)CC4)CC3)cc2)/C1=C/C(=N)c1ccccc1O. The normalized spacial score (nSPS) is 21.7. The molecule has 1 atom stereocenters. The van der Waals surface area contributed by atoms with Gasteiger partial charge in [0.1, 0.15) is 17.6 Å². The van der Waals surface area contributed by atoms with Crippen molar-refractivity contribution >= 4 is 57.1 Å². The third-order valence-corrected chi connectivity index (χ3v) is 12.0. The molecule has 0 bridgehead atoms. The average molecular weight is 735 g/mol. The predicted octanol–water partition coefficient (Wildman–Crippen LogP) is 5.86. The molecular weight excluding hydrogens is 693 g/mol. The number of nitrogens with one attached hydrogen (secondary N) is 3. The van der Waals surface area contributed by atoms with Crippen LogP contribution < -0.4 is 20.0 Å². The number of imide groups is 1. The molecule has 4 aromatic rings. The number of hydrogen-bond acceptors (Lipinski definition) is 10. The molecule has 6 heterocycles. The smallest absolute Gasteiger partial charge is 0.261 e. The van der Waals surface area contributed by atoms with Crippen molar-refractivity contribution in [2.45, 2.75) is 56.5 Å². The van der Waals surface area contributed by atoms with E-state index in [0.29, 0.717) is 46.6 Å². The summed E-state index contributed by atoms with van der Waals surface area (Å²) >= 11 is 0. The number of para-hydroxylation sites is 1. The van der Waals surface area contributed by atoms with E-state index in [2.05, 4.69) is 39.4 Å². The van der Waals surface area contributed by atoms with Gasteiger partial charge in [-0.3, -0.25) is 30.0 Å². The van der Waals surface area contributed by atoms with Crippen molar-refractivity contribution < 1.29 is 19.5 Å². The maximum atomic E-state index is 13.6. The summed E-state index contributed by atoms with van der Waals surface area (Å²) in [6.07, 6.45) is 11.6. The highest BCUT2D eigenvalue weighted by Crippen LogP contribution is 2.43. The molecule has 5 aliphatic rings. The Hall–Kier alpha value is -6.14. The van der Waals surface area contributed by atoms with Crippen LogP contribution in [0.5, 0.6) is 5.75 Å². The second-order valence-corrected chi connectivity index (χ2v) is 15.0. The van der Waals surface area contributed by atoms with Crippen molar-refractivity contribution in [3.63, 3.8) is 0 Å². The van der Waals surface area contributed by atoms with E-state index in [1.165, 1.54) is 5.56 Å². The highest BCUT2D eigenvalue weighted by atomic mass is 16.3. The van der Waals surface area contributed by atoms with Gasteiger partial charge in [0.15, 0.2) is 0 Å². The molecule has 0 saturated carbocycles. The topological polar surface area (TPSA) is 157 Å². The fourth-order valence-corrected chi connectivity index (χ4v) is 9.04. The first-order chi connectivity index (χ1) is 26.7. The van der Waals surface area contributed by atoms with Crippen molar-refractivity contribution in [1.82, 2.24) is 15.2 Å². The highest BCUT2D eigenvalue weighted by Gasteiger charge is 2.41. The van der Waals surface area contributed by atoms with E-state index in [9.17, 15) is 19.5 Å². The quantitative estimate of drug-likeness (QED) is 0.136. The molecule has 5 aliphatic heterocycles. The molecule has 1 aromatic heterocycles. The highest BCUT2D eigenvalue weighted by molar-refractivity contribution is 6.28. The number of phenolic OH excluding ortho intramolecular Hbond substituents is 1. The molecule has 278 valence electrons. The number of nitrogens with zero attached hydrogens (tertiary/aromatic N) is 5. The number of aromatic nitrogens is 1. The van der Waals surface area contributed by atoms with E-state index in [1.54, 1.807) is 47.5 Å². The van der Waals surface area contributed by atoms with E-state index in [-0.39, 0.29) is 29.7 Å². The predicted molar refractivity (Wildman–Crippen MR) is 212 cm³/mol. The van der Waals surface area contributed by atoms with Crippen LogP contribution in [-0.2, 0) is 9.59 Å². The fraction of sp³-hybridized carbons (Fsp3) is 0.302. The van der Waals surface area contributed by atoms with Crippen LogP contribution in [0.15, 0.2) is 97.0 Å².